The zero-order valence-electron chi connectivity index (χ0n) is 21.9. The summed E-state index contributed by atoms with van der Waals surface area (Å²) >= 11 is 0. The number of aliphatic hydroxyl groups excluding tert-OH is 1. The molecule has 31 heavy (non-hydrogen) atoms. The number of hydrogen-bond donors (Lipinski definition) is 1. The molecule has 0 unspecified atom stereocenters. The van der Waals surface area contributed by atoms with Crippen LogP contribution in [-0.2, 0) is 0 Å². The Hall–Kier alpha value is -0.300. The summed E-state index contributed by atoms with van der Waals surface area (Å²) in [5.74, 6) is 3.49. The molecule has 0 spiro atoms. The number of rotatable bonds is 1. The van der Waals surface area contributed by atoms with Gasteiger partial charge in [0, 0.05) is 5.92 Å². The van der Waals surface area contributed by atoms with Crippen molar-refractivity contribution in [1.82, 2.24) is 0 Å². The maximum atomic E-state index is 11.8. The van der Waals surface area contributed by atoms with E-state index in [4.69, 9.17) is 0 Å². The van der Waals surface area contributed by atoms with Crippen LogP contribution in [0.15, 0.2) is 11.6 Å². The molecule has 9 atom stereocenters. The summed E-state index contributed by atoms with van der Waals surface area (Å²) in [6.45, 7) is 20.4. The maximum absolute atomic E-state index is 11.8. The van der Waals surface area contributed by atoms with Crippen molar-refractivity contribution in [1.29, 1.82) is 0 Å². The molecule has 1 N–H and O–H groups in total. The number of hydrogen-bond acceptors (Lipinski definition) is 1. The predicted octanol–water partition coefficient (Wildman–Crippen LogP) is 8.02. The van der Waals surface area contributed by atoms with Crippen molar-refractivity contribution in [3.05, 3.63) is 11.6 Å². The second-order valence-corrected chi connectivity index (χ2v) is 14.8. The van der Waals surface area contributed by atoms with Crippen LogP contribution in [-0.4, -0.2) is 11.2 Å². The second-order valence-electron chi connectivity index (χ2n) is 14.8. The van der Waals surface area contributed by atoms with Crippen molar-refractivity contribution in [3.63, 3.8) is 0 Å². The first kappa shape index (κ1) is 22.5. The number of aliphatic hydroxyl groups is 1. The van der Waals surface area contributed by atoms with Crippen LogP contribution in [0.2, 0.25) is 0 Å². The van der Waals surface area contributed by atoms with Crippen LogP contribution in [0.4, 0.5) is 0 Å². The first-order valence-corrected chi connectivity index (χ1v) is 13.7. The van der Waals surface area contributed by atoms with E-state index >= 15 is 0 Å². The van der Waals surface area contributed by atoms with E-state index in [2.05, 4.69) is 61.5 Å². The molecule has 0 bridgehead atoms. The van der Waals surface area contributed by atoms with E-state index in [1.165, 1.54) is 51.4 Å². The van der Waals surface area contributed by atoms with E-state index in [9.17, 15) is 5.11 Å². The van der Waals surface area contributed by atoms with Crippen molar-refractivity contribution >= 4 is 0 Å². The highest BCUT2D eigenvalue weighted by molar-refractivity contribution is 5.34. The molecule has 4 fully saturated rings. The maximum Gasteiger partial charge on any atom is 0.0614 e. The molecule has 5 aliphatic rings. The van der Waals surface area contributed by atoms with Crippen LogP contribution in [0.25, 0.3) is 0 Å². The lowest BCUT2D eigenvalue weighted by Gasteiger charge is -2.69. The van der Waals surface area contributed by atoms with E-state index in [1.54, 1.807) is 5.57 Å². The van der Waals surface area contributed by atoms with E-state index < -0.39 is 0 Å². The van der Waals surface area contributed by atoms with Crippen LogP contribution < -0.4 is 0 Å². The average Bonchev–Trinajstić information content (AvgIpc) is 3.03. The summed E-state index contributed by atoms with van der Waals surface area (Å²) in [7, 11) is 0. The predicted molar refractivity (Wildman–Crippen MR) is 131 cm³/mol. The molecule has 0 aromatic carbocycles. The lowest BCUT2D eigenvalue weighted by Crippen LogP contribution is -2.64. The van der Waals surface area contributed by atoms with Gasteiger partial charge in [-0.3, -0.25) is 0 Å². The SMILES string of the molecule is CC(C)[C@H]1CC[C@@H]2[C@]1(C)CC[C@]1(C)[C@@H]3C(=CC[C@@]21C)[C@@]1(C)CCCC(C)(C)[C@@H]1C[C@@H]3O. The van der Waals surface area contributed by atoms with Gasteiger partial charge < -0.3 is 5.11 Å². The Morgan fingerprint density at radius 1 is 0.871 bits per heavy atom. The van der Waals surface area contributed by atoms with Gasteiger partial charge in [0.1, 0.15) is 0 Å². The van der Waals surface area contributed by atoms with Crippen molar-refractivity contribution in [2.75, 3.05) is 0 Å². The molecule has 176 valence electrons. The highest BCUT2D eigenvalue weighted by Crippen LogP contribution is 2.76. The van der Waals surface area contributed by atoms with Crippen LogP contribution >= 0.6 is 0 Å². The molecule has 1 nitrogen and oxygen atoms in total. The molecule has 0 radical (unpaired) electrons. The van der Waals surface area contributed by atoms with Crippen molar-refractivity contribution < 1.29 is 5.11 Å². The summed E-state index contributed by atoms with van der Waals surface area (Å²) in [4.78, 5) is 0. The van der Waals surface area contributed by atoms with Crippen LogP contribution in [0.3, 0.4) is 0 Å². The Balaban J connectivity index is 1.59. The fourth-order valence-electron chi connectivity index (χ4n) is 11.3. The zero-order chi connectivity index (χ0) is 22.6. The lowest BCUT2D eigenvalue weighted by atomic mass is 9.35. The molecule has 1 heteroatoms. The normalized spacial score (nSPS) is 55.7. The van der Waals surface area contributed by atoms with E-state index in [0.29, 0.717) is 33.5 Å². The summed E-state index contributed by atoms with van der Waals surface area (Å²) in [6.07, 6.45) is 14.3. The van der Waals surface area contributed by atoms with Crippen molar-refractivity contribution in [3.8, 4) is 0 Å². The third-order valence-corrected chi connectivity index (χ3v) is 13.0. The molecule has 0 aromatic heterocycles. The highest BCUT2D eigenvalue weighted by atomic mass is 16.3. The van der Waals surface area contributed by atoms with Crippen molar-refractivity contribution in [2.45, 2.75) is 119 Å². The van der Waals surface area contributed by atoms with Crippen LogP contribution in [0.1, 0.15) is 113 Å². The van der Waals surface area contributed by atoms with Gasteiger partial charge in [-0.15, -0.1) is 0 Å². The van der Waals surface area contributed by atoms with Gasteiger partial charge in [-0.2, -0.15) is 0 Å². The van der Waals surface area contributed by atoms with Gasteiger partial charge in [0.2, 0.25) is 0 Å². The lowest BCUT2D eigenvalue weighted by molar-refractivity contribution is -0.183. The zero-order valence-corrected chi connectivity index (χ0v) is 21.9. The Bertz CT molecular complexity index is 777. The molecule has 0 amide bonds. The standard InChI is InChI=1S/C30H50O/c1-19(2)20-10-11-23-28(20,6)16-17-30(8)25-21(12-15-29(23,30)7)27(5)14-9-13-26(3,4)24(27)18-22(25)31/h12,19-20,22-25,31H,9-11,13-18H2,1-8H3/t20-,22+,23-,24+,25-,27-,28-,29+,30-/m1/s1. The molecule has 5 aliphatic carbocycles. The van der Waals surface area contributed by atoms with Gasteiger partial charge in [0.05, 0.1) is 6.10 Å². The highest BCUT2D eigenvalue weighted by Gasteiger charge is 2.69. The monoisotopic (exact) mass is 426 g/mol. The van der Waals surface area contributed by atoms with Crippen LogP contribution in [0, 0.1) is 56.7 Å². The third kappa shape index (κ3) is 2.65. The topological polar surface area (TPSA) is 20.2 Å². The quantitative estimate of drug-likeness (QED) is 0.421. The number of fused-ring (bicyclic) bond motifs is 7. The van der Waals surface area contributed by atoms with E-state index in [1.807, 2.05) is 0 Å². The molecule has 5 rings (SSSR count). The minimum atomic E-state index is -0.155. The van der Waals surface area contributed by atoms with E-state index in [0.717, 1.165) is 24.2 Å². The fraction of sp³-hybridized carbons (Fsp3) is 0.933. The Morgan fingerprint density at radius 3 is 2.26 bits per heavy atom. The summed E-state index contributed by atoms with van der Waals surface area (Å²) in [6, 6.07) is 0. The van der Waals surface area contributed by atoms with Crippen LogP contribution in [0.5, 0.6) is 0 Å². The average molecular weight is 427 g/mol. The Morgan fingerprint density at radius 2 is 1.58 bits per heavy atom. The Kier molecular flexibility index (Phi) is 4.82. The molecule has 4 saturated carbocycles. The van der Waals surface area contributed by atoms with Gasteiger partial charge >= 0.3 is 0 Å². The van der Waals surface area contributed by atoms with Gasteiger partial charge in [0.25, 0.3) is 0 Å². The van der Waals surface area contributed by atoms with Gasteiger partial charge in [-0.05, 0) is 102 Å². The summed E-state index contributed by atoms with van der Waals surface area (Å²) < 4.78 is 0. The molecular formula is C30H50O. The van der Waals surface area contributed by atoms with E-state index in [-0.39, 0.29) is 11.5 Å². The van der Waals surface area contributed by atoms with Gasteiger partial charge in [-0.1, -0.05) is 73.5 Å². The smallest absolute Gasteiger partial charge is 0.0614 e. The van der Waals surface area contributed by atoms with Gasteiger partial charge in [0.15, 0.2) is 0 Å². The largest absolute Gasteiger partial charge is 0.392 e. The minimum absolute atomic E-state index is 0.155. The molecule has 0 aromatic rings. The first-order chi connectivity index (χ1) is 14.3. The first-order valence-electron chi connectivity index (χ1n) is 13.7. The molecule has 0 saturated heterocycles. The van der Waals surface area contributed by atoms with Gasteiger partial charge in [-0.25, -0.2) is 0 Å². The molecule has 0 heterocycles. The van der Waals surface area contributed by atoms with Crippen molar-refractivity contribution in [2.24, 2.45) is 56.7 Å². The Labute approximate surface area is 192 Å². The summed E-state index contributed by atoms with van der Waals surface area (Å²) in [5.41, 5.74) is 3.39. The molecule has 0 aliphatic heterocycles. The third-order valence-electron chi connectivity index (χ3n) is 13.0. The minimum Gasteiger partial charge on any atom is -0.392 e. The number of allylic oxidation sites excluding steroid dienone is 1. The fourth-order valence-corrected chi connectivity index (χ4v) is 11.3. The second kappa shape index (κ2) is 6.64. The summed E-state index contributed by atoms with van der Waals surface area (Å²) in [5, 5.41) is 11.8. The molecular weight excluding hydrogens is 376 g/mol.